The minimum atomic E-state index is -0.0130. The molecule has 0 saturated carbocycles. The summed E-state index contributed by atoms with van der Waals surface area (Å²) in [5.74, 6) is -0.0130. The van der Waals surface area contributed by atoms with Crippen molar-refractivity contribution in [1.82, 2.24) is 0 Å². The first-order valence-corrected chi connectivity index (χ1v) is 8.59. The Morgan fingerprint density at radius 2 is 1.23 bits per heavy atom. The number of nitrogens with one attached hydrogen (secondary N) is 3. The number of ketones is 1. The molecule has 3 N–H and O–H groups in total. The summed E-state index contributed by atoms with van der Waals surface area (Å²) in [5.41, 5.74) is 6.05. The Balaban J connectivity index is 1.99. The fourth-order valence-electron chi connectivity index (χ4n) is 3.01. The highest BCUT2D eigenvalue weighted by molar-refractivity contribution is 6.16. The van der Waals surface area contributed by atoms with Gasteiger partial charge in [0.1, 0.15) is 0 Å². The lowest BCUT2D eigenvalue weighted by Crippen LogP contribution is -2.10. The third-order valence-corrected chi connectivity index (χ3v) is 4.45. The van der Waals surface area contributed by atoms with Gasteiger partial charge in [0.2, 0.25) is 0 Å². The monoisotopic (exact) mass is 345 g/mol. The molecule has 0 aliphatic heterocycles. The van der Waals surface area contributed by atoms with Gasteiger partial charge in [-0.3, -0.25) is 4.79 Å². The van der Waals surface area contributed by atoms with E-state index in [0.717, 1.165) is 28.2 Å². The van der Waals surface area contributed by atoms with E-state index in [1.165, 1.54) is 0 Å². The highest BCUT2D eigenvalue weighted by Crippen LogP contribution is 2.31. The molecule has 4 heteroatoms. The zero-order valence-electron chi connectivity index (χ0n) is 15.3. The van der Waals surface area contributed by atoms with Crippen molar-refractivity contribution < 1.29 is 4.79 Å². The van der Waals surface area contributed by atoms with Gasteiger partial charge < -0.3 is 16.0 Å². The van der Waals surface area contributed by atoms with Gasteiger partial charge in [0.05, 0.1) is 5.56 Å². The maximum Gasteiger partial charge on any atom is 0.197 e. The van der Waals surface area contributed by atoms with Crippen LogP contribution in [0, 0.1) is 0 Å². The first-order valence-electron chi connectivity index (χ1n) is 8.59. The van der Waals surface area contributed by atoms with Crippen molar-refractivity contribution in [3.63, 3.8) is 0 Å². The van der Waals surface area contributed by atoms with Crippen molar-refractivity contribution in [2.45, 2.75) is 0 Å². The van der Waals surface area contributed by atoms with Gasteiger partial charge in [-0.25, -0.2) is 0 Å². The number of hydrogen-bond donors (Lipinski definition) is 3. The summed E-state index contributed by atoms with van der Waals surface area (Å²) in [4.78, 5) is 13.2. The summed E-state index contributed by atoms with van der Waals surface area (Å²) in [6.07, 6.45) is 0. The van der Waals surface area contributed by atoms with Crippen LogP contribution in [0.5, 0.6) is 0 Å². The Kier molecular flexibility index (Phi) is 5.23. The number of carbonyl (C=O) groups is 1. The number of carbonyl (C=O) groups excluding carboxylic acids is 1. The molecule has 3 aromatic carbocycles. The van der Waals surface area contributed by atoms with Crippen LogP contribution < -0.4 is 16.0 Å². The predicted molar refractivity (Wildman–Crippen MR) is 110 cm³/mol. The molecule has 0 saturated heterocycles. The fourth-order valence-corrected chi connectivity index (χ4v) is 3.01. The molecule has 0 unspecified atom stereocenters. The first kappa shape index (κ1) is 17.5. The zero-order valence-corrected chi connectivity index (χ0v) is 15.3. The van der Waals surface area contributed by atoms with Crippen LogP contribution in [0.4, 0.5) is 17.1 Å². The van der Waals surface area contributed by atoms with Gasteiger partial charge in [0, 0.05) is 43.8 Å². The van der Waals surface area contributed by atoms with Gasteiger partial charge in [0.15, 0.2) is 5.78 Å². The smallest absolute Gasteiger partial charge is 0.197 e. The SMILES string of the molecule is CNc1cc(NC)c(C(=O)c2ccc(-c3ccccc3)cc2)c(NC)c1. The maximum absolute atomic E-state index is 13.2. The molecule has 0 heterocycles. The second-order valence-electron chi connectivity index (χ2n) is 5.97. The molecule has 0 spiro atoms. The maximum atomic E-state index is 13.2. The summed E-state index contributed by atoms with van der Waals surface area (Å²) in [6, 6.07) is 21.8. The molecule has 0 fully saturated rings. The van der Waals surface area contributed by atoms with E-state index in [9.17, 15) is 4.79 Å². The Bertz CT molecular complexity index is 877. The topological polar surface area (TPSA) is 53.2 Å². The molecule has 0 aliphatic rings. The van der Waals surface area contributed by atoms with Crippen LogP contribution in [0.25, 0.3) is 11.1 Å². The average Bonchev–Trinajstić information content (AvgIpc) is 2.72. The molecular formula is C22H23N3O. The molecule has 0 aliphatic carbocycles. The van der Waals surface area contributed by atoms with E-state index in [1.54, 1.807) is 0 Å². The summed E-state index contributed by atoms with van der Waals surface area (Å²) >= 11 is 0. The Morgan fingerprint density at radius 1 is 0.692 bits per heavy atom. The second kappa shape index (κ2) is 7.74. The predicted octanol–water partition coefficient (Wildman–Crippen LogP) is 4.71. The van der Waals surface area contributed by atoms with E-state index in [-0.39, 0.29) is 5.78 Å². The highest BCUT2D eigenvalue weighted by atomic mass is 16.1. The van der Waals surface area contributed by atoms with Crippen LogP contribution in [0.1, 0.15) is 15.9 Å². The van der Waals surface area contributed by atoms with E-state index in [2.05, 4.69) is 28.1 Å². The molecule has 0 atom stereocenters. The van der Waals surface area contributed by atoms with E-state index in [1.807, 2.05) is 75.7 Å². The van der Waals surface area contributed by atoms with Gasteiger partial charge in [-0.05, 0) is 23.3 Å². The molecule has 3 rings (SSSR count). The molecule has 132 valence electrons. The standard InChI is InChI=1S/C22H23N3O/c1-23-18-13-19(24-2)21(20(14-18)25-3)22(26)17-11-9-16(10-12-17)15-7-5-4-6-8-15/h4-14,23-25H,1-3H3. The molecular weight excluding hydrogens is 322 g/mol. The van der Waals surface area contributed by atoms with Crippen molar-refractivity contribution >= 4 is 22.8 Å². The normalized spacial score (nSPS) is 10.3. The number of anilines is 3. The highest BCUT2D eigenvalue weighted by Gasteiger charge is 2.18. The molecule has 0 amide bonds. The average molecular weight is 345 g/mol. The van der Waals surface area contributed by atoms with E-state index < -0.39 is 0 Å². The van der Waals surface area contributed by atoms with Crippen LogP contribution in [0.2, 0.25) is 0 Å². The van der Waals surface area contributed by atoms with Crippen molar-refractivity contribution in [3.8, 4) is 11.1 Å². The molecule has 0 bridgehead atoms. The van der Waals surface area contributed by atoms with Crippen LogP contribution in [0.15, 0.2) is 66.7 Å². The second-order valence-corrected chi connectivity index (χ2v) is 5.97. The van der Waals surface area contributed by atoms with Gasteiger partial charge in [-0.2, -0.15) is 0 Å². The molecule has 4 nitrogen and oxygen atoms in total. The minimum Gasteiger partial charge on any atom is -0.388 e. The number of rotatable bonds is 6. The van der Waals surface area contributed by atoms with Crippen LogP contribution in [-0.4, -0.2) is 26.9 Å². The molecule has 0 aromatic heterocycles. The van der Waals surface area contributed by atoms with Crippen LogP contribution in [-0.2, 0) is 0 Å². The Labute approximate surface area is 154 Å². The zero-order chi connectivity index (χ0) is 18.5. The lowest BCUT2D eigenvalue weighted by atomic mass is 9.96. The Morgan fingerprint density at radius 3 is 1.73 bits per heavy atom. The quantitative estimate of drug-likeness (QED) is 0.566. The van der Waals surface area contributed by atoms with Crippen LogP contribution in [0.3, 0.4) is 0 Å². The van der Waals surface area contributed by atoms with Gasteiger partial charge in [-0.15, -0.1) is 0 Å². The third kappa shape index (κ3) is 3.40. The lowest BCUT2D eigenvalue weighted by Gasteiger charge is -2.16. The summed E-state index contributed by atoms with van der Waals surface area (Å²) in [5, 5.41) is 9.38. The molecule has 0 radical (unpaired) electrons. The Hall–Kier alpha value is -3.27. The van der Waals surface area contributed by atoms with E-state index >= 15 is 0 Å². The summed E-state index contributed by atoms with van der Waals surface area (Å²) in [7, 11) is 5.50. The largest absolute Gasteiger partial charge is 0.388 e. The van der Waals surface area contributed by atoms with Gasteiger partial charge in [0.25, 0.3) is 0 Å². The van der Waals surface area contributed by atoms with Crippen molar-refractivity contribution in [3.05, 3.63) is 77.9 Å². The third-order valence-electron chi connectivity index (χ3n) is 4.45. The fraction of sp³-hybridized carbons (Fsp3) is 0.136. The summed E-state index contributed by atoms with van der Waals surface area (Å²) < 4.78 is 0. The minimum absolute atomic E-state index is 0.0130. The number of benzene rings is 3. The van der Waals surface area contributed by atoms with Crippen molar-refractivity contribution in [2.24, 2.45) is 0 Å². The van der Waals surface area contributed by atoms with Gasteiger partial charge in [-0.1, -0.05) is 54.6 Å². The van der Waals surface area contributed by atoms with Crippen LogP contribution >= 0.6 is 0 Å². The number of hydrogen-bond acceptors (Lipinski definition) is 4. The summed E-state index contributed by atoms with van der Waals surface area (Å²) in [6.45, 7) is 0. The molecule has 3 aromatic rings. The first-order chi connectivity index (χ1) is 12.7. The lowest BCUT2D eigenvalue weighted by molar-refractivity contribution is 0.104. The van der Waals surface area contributed by atoms with E-state index in [4.69, 9.17) is 0 Å². The molecule has 26 heavy (non-hydrogen) atoms. The van der Waals surface area contributed by atoms with Crippen molar-refractivity contribution in [1.29, 1.82) is 0 Å². The van der Waals surface area contributed by atoms with E-state index in [0.29, 0.717) is 11.1 Å². The van der Waals surface area contributed by atoms with Crippen molar-refractivity contribution in [2.75, 3.05) is 37.1 Å². The van der Waals surface area contributed by atoms with Gasteiger partial charge >= 0.3 is 0 Å².